The molecule has 0 heterocycles. The number of hydrogen-bond donors (Lipinski definition) is 3. The third-order valence-corrected chi connectivity index (χ3v) is 3.99. The van der Waals surface area contributed by atoms with Gasteiger partial charge in [-0.05, 0) is 31.1 Å². The number of carbonyl (C=O) groups excluding carboxylic acids is 1. The molecule has 1 rings (SSSR count). The molecule has 1 aliphatic rings. The first-order chi connectivity index (χ1) is 9.64. The summed E-state index contributed by atoms with van der Waals surface area (Å²) in [4.78, 5) is 11.8. The Balaban J connectivity index is 2.37. The molecule has 1 saturated carbocycles. The van der Waals surface area contributed by atoms with Gasteiger partial charge in [0.1, 0.15) is 0 Å². The van der Waals surface area contributed by atoms with Crippen molar-refractivity contribution in [2.75, 3.05) is 13.2 Å². The number of aliphatic hydroxyl groups excluding tert-OH is 1. The minimum Gasteiger partial charge on any atom is -0.396 e. The van der Waals surface area contributed by atoms with Gasteiger partial charge in [-0.25, -0.2) is 4.79 Å². The number of hydrogen-bond acceptors (Lipinski definition) is 2. The molecule has 0 aliphatic heterocycles. The van der Waals surface area contributed by atoms with E-state index in [-0.39, 0.29) is 24.9 Å². The molecule has 4 nitrogen and oxygen atoms in total. The van der Waals surface area contributed by atoms with Crippen molar-refractivity contribution in [3.05, 3.63) is 0 Å². The maximum atomic E-state index is 12.7. The lowest BCUT2D eigenvalue weighted by Crippen LogP contribution is -2.47. The van der Waals surface area contributed by atoms with E-state index < -0.39 is 24.2 Å². The van der Waals surface area contributed by atoms with Crippen LogP contribution in [0.5, 0.6) is 0 Å². The van der Waals surface area contributed by atoms with E-state index in [1.54, 1.807) is 0 Å². The van der Waals surface area contributed by atoms with Gasteiger partial charge in [0.25, 0.3) is 0 Å². The number of halogens is 3. The van der Waals surface area contributed by atoms with Gasteiger partial charge in [0, 0.05) is 19.2 Å². The van der Waals surface area contributed by atoms with Crippen molar-refractivity contribution >= 4 is 6.03 Å². The van der Waals surface area contributed by atoms with Crippen molar-refractivity contribution in [2.24, 2.45) is 11.3 Å². The molecular weight excluding hydrogens is 285 g/mol. The van der Waals surface area contributed by atoms with Crippen LogP contribution in [0.3, 0.4) is 0 Å². The normalized spacial score (nSPS) is 23.7. The van der Waals surface area contributed by atoms with Crippen LogP contribution in [-0.2, 0) is 0 Å². The van der Waals surface area contributed by atoms with Crippen molar-refractivity contribution < 1.29 is 23.1 Å². The maximum absolute atomic E-state index is 12.7. The predicted octanol–water partition coefficient (Wildman–Crippen LogP) is 2.82. The zero-order valence-electron chi connectivity index (χ0n) is 12.6. The zero-order chi connectivity index (χ0) is 16.1. The third kappa shape index (κ3) is 6.54. The van der Waals surface area contributed by atoms with Gasteiger partial charge in [0.15, 0.2) is 0 Å². The second kappa shape index (κ2) is 7.33. The molecule has 1 aliphatic carbocycles. The quantitative estimate of drug-likeness (QED) is 0.731. The highest BCUT2D eigenvalue weighted by Gasteiger charge is 2.42. The third-order valence-electron chi connectivity index (χ3n) is 3.99. The van der Waals surface area contributed by atoms with Crippen LogP contribution in [0.25, 0.3) is 0 Å². The predicted molar refractivity (Wildman–Crippen MR) is 73.8 cm³/mol. The minimum absolute atomic E-state index is 0.0339. The Bertz CT molecular complexity index is 346. The zero-order valence-corrected chi connectivity index (χ0v) is 12.6. The van der Waals surface area contributed by atoms with Crippen LogP contribution in [0.15, 0.2) is 0 Å². The number of alkyl halides is 3. The molecule has 0 radical (unpaired) electrons. The number of amides is 2. The summed E-state index contributed by atoms with van der Waals surface area (Å²) in [5.74, 6) is -1.32. The molecule has 3 N–H and O–H groups in total. The molecule has 0 aromatic heterocycles. The van der Waals surface area contributed by atoms with Gasteiger partial charge in [0.05, 0.1) is 5.92 Å². The van der Waals surface area contributed by atoms with E-state index >= 15 is 0 Å². The summed E-state index contributed by atoms with van der Waals surface area (Å²) in [5, 5.41) is 14.2. The average Bonchev–Trinajstić information content (AvgIpc) is 2.36. The molecule has 0 aromatic rings. The smallest absolute Gasteiger partial charge is 0.391 e. The highest BCUT2D eigenvalue weighted by molar-refractivity contribution is 5.74. The molecule has 0 bridgehead atoms. The van der Waals surface area contributed by atoms with Gasteiger partial charge in [-0.3, -0.25) is 0 Å². The number of carbonyl (C=O) groups is 1. The molecule has 1 fully saturated rings. The van der Waals surface area contributed by atoms with Gasteiger partial charge in [-0.15, -0.1) is 0 Å². The van der Waals surface area contributed by atoms with Gasteiger partial charge in [-0.1, -0.05) is 20.3 Å². The molecule has 2 unspecified atom stereocenters. The monoisotopic (exact) mass is 310 g/mol. The maximum Gasteiger partial charge on any atom is 0.391 e. The van der Waals surface area contributed by atoms with Crippen molar-refractivity contribution in [2.45, 2.75) is 58.2 Å². The SMILES string of the molecule is CC(C)(CCO)CNC(=O)NC1CCCC(C(F)(F)F)C1. The summed E-state index contributed by atoms with van der Waals surface area (Å²) in [7, 11) is 0. The Morgan fingerprint density at radius 3 is 2.52 bits per heavy atom. The molecular formula is C14H25F3N2O2. The summed E-state index contributed by atoms with van der Waals surface area (Å²) in [6.07, 6.45) is -2.47. The van der Waals surface area contributed by atoms with E-state index in [0.29, 0.717) is 25.8 Å². The fourth-order valence-corrected chi connectivity index (χ4v) is 2.57. The molecule has 0 spiro atoms. The van der Waals surface area contributed by atoms with Crippen LogP contribution >= 0.6 is 0 Å². The summed E-state index contributed by atoms with van der Waals surface area (Å²) >= 11 is 0. The van der Waals surface area contributed by atoms with Gasteiger partial charge in [0.2, 0.25) is 0 Å². The van der Waals surface area contributed by atoms with Crippen LogP contribution in [0.1, 0.15) is 46.0 Å². The van der Waals surface area contributed by atoms with E-state index in [9.17, 15) is 18.0 Å². The van der Waals surface area contributed by atoms with Gasteiger partial charge in [-0.2, -0.15) is 13.2 Å². The van der Waals surface area contributed by atoms with Gasteiger partial charge >= 0.3 is 12.2 Å². The Morgan fingerprint density at radius 1 is 1.29 bits per heavy atom. The molecule has 2 atom stereocenters. The second-order valence-corrected chi connectivity index (χ2v) is 6.57. The Morgan fingerprint density at radius 2 is 1.95 bits per heavy atom. The lowest BCUT2D eigenvalue weighted by atomic mass is 9.85. The lowest BCUT2D eigenvalue weighted by Gasteiger charge is -2.31. The largest absolute Gasteiger partial charge is 0.396 e. The average molecular weight is 310 g/mol. The number of urea groups is 1. The van der Waals surface area contributed by atoms with Crippen molar-refractivity contribution in [1.82, 2.24) is 10.6 Å². The van der Waals surface area contributed by atoms with Crippen LogP contribution in [-0.4, -0.2) is 36.5 Å². The van der Waals surface area contributed by atoms with Crippen LogP contribution in [0, 0.1) is 11.3 Å². The Kier molecular flexibility index (Phi) is 6.31. The molecule has 0 saturated heterocycles. The van der Waals surface area contributed by atoms with E-state index in [1.807, 2.05) is 13.8 Å². The first-order valence-corrected chi connectivity index (χ1v) is 7.36. The first-order valence-electron chi connectivity index (χ1n) is 7.36. The molecule has 124 valence electrons. The number of aliphatic hydroxyl groups is 1. The van der Waals surface area contributed by atoms with Crippen molar-refractivity contribution in [3.8, 4) is 0 Å². The Labute approximate surface area is 123 Å². The van der Waals surface area contributed by atoms with Crippen LogP contribution < -0.4 is 10.6 Å². The van der Waals surface area contributed by atoms with Crippen molar-refractivity contribution in [1.29, 1.82) is 0 Å². The first kappa shape index (κ1) is 18.1. The standard InChI is InChI=1S/C14H25F3N2O2/c1-13(2,6-7-20)9-18-12(21)19-11-5-3-4-10(8-11)14(15,16)17/h10-11,20H,3-9H2,1-2H3,(H2,18,19,21). The van der Waals surface area contributed by atoms with E-state index in [4.69, 9.17) is 5.11 Å². The lowest BCUT2D eigenvalue weighted by molar-refractivity contribution is -0.183. The topological polar surface area (TPSA) is 61.4 Å². The molecule has 7 heteroatoms. The second-order valence-electron chi connectivity index (χ2n) is 6.57. The van der Waals surface area contributed by atoms with E-state index in [2.05, 4.69) is 10.6 Å². The summed E-state index contributed by atoms with van der Waals surface area (Å²) < 4.78 is 38.1. The fourth-order valence-electron chi connectivity index (χ4n) is 2.57. The summed E-state index contributed by atoms with van der Waals surface area (Å²) in [6, 6.07) is -0.861. The molecule has 21 heavy (non-hydrogen) atoms. The van der Waals surface area contributed by atoms with Gasteiger partial charge < -0.3 is 15.7 Å². The highest BCUT2D eigenvalue weighted by atomic mass is 19.4. The van der Waals surface area contributed by atoms with Crippen LogP contribution in [0.4, 0.5) is 18.0 Å². The number of nitrogens with one attached hydrogen (secondary N) is 2. The summed E-state index contributed by atoms with van der Waals surface area (Å²) in [6.45, 7) is 4.22. The number of rotatable bonds is 5. The van der Waals surface area contributed by atoms with Crippen LogP contribution in [0.2, 0.25) is 0 Å². The highest BCUT2D eigenvalue weighted by Crippen LogP contribution is 2.37. The summed E-state index contributed by atoms with van der Waals surface area (Å²) in [5.41, 5.74) is -0.243. The van der Waals surface area contributed by atoms with E-state index in [1.165, 1.54) is 0 Å². The minimum atomic E-state index is -4.18. The fraction of sp³-hybridized carbons (Fsp3) is 0.929. The molecule has 0 aromatic carbocycles. The van der Waals surface area contributed by atoms with Crippen molar-refractivity contribution in [3.63, 3.8) is 0 Å². The van der Waals surface area contributed by atoms with E-state index in [0.717, 1.165) is 0 Å². The molecule has 2 amide bonds. The Hall–Kier alpha value is -0.980.